The van der Waals surface area contributed by atoms with E-state index in [4.69, 9.17) is 18.6 Å². The quantitative estimate of drug-likeness (QED) is 0.383. The van der Waals surface area contributed by atoms with Gasteiger partial charge in [0.1, 0.15) is 13.2 Å². The number of nitrogens with zero attached hydrogens (tertiary/aromatic N) is 2. The molecule has 11 heteroatoms. The number of esters is 1. The van der Waals surface area contributed by atoms with E-state index in [1.165, 1.54) is 36.4 Å². The molecule has 35 heavy (non-hydrogen) atoms. The molecule has 0 unspecified atom stereocenters. The van der Waals surface area contributed by atoms with Crippen molar-refractivity contribution in [3.8, 4) is 23.0 Å². The number of aromatic nitrogens is 2. The molecule has 0 radical (unpaired) electrons. The molecule has 2 heterocycles. The molecule has 1 aromatic heterocycles. The summed E-state index contributed by atoms with van der Waals surface area (Å²) in [7, 11) is -3.94. The van der Waals surface area contributed by atoms with E-state index >= 15 is 0 Å². The van der Waals surface area contributed by atoms with Gasteiger partial charge in [-0.1, -0.05) is 24.3 Å². The number of ether oxygens (including phenoxy) is 3. The first-order chi connectivity index (χ1) is 17.0. The highest BCUT2D eigenvalue weighted by Crippen LogP contribution is 2.32. The molecule has 3 aromatic carbocycles. The summed E-state index contributed by atoms with van der Waals surface area (Å²) >= 11 is 0. The molecule has 0 fully saturated rings. The third kappa shape index (κ3) is 5.09. The van der Waals surface area contributed by atoms with Gasteiger partial charge in [-0.15, -0.1) is 10.2 Å². The Morgan fingerprint density at radius 1 is 0.914 bits per heavy atom. The third-order valence-corrected chi connectivity index (χ3v) is 6.37. The average Bonchev–Trinajstić information content (AvgIpc) is 3.36. The van der Waals surface area contributed by atoms with Crippen LogP contribution in [-0.4, -0.2) is 37.8 Å². The van der Waals surface area contributed by atoms with E-state index in [2.05, 4.69) is 14.9 Å². The average molecular weight is 493 g/mol. The van der Waals surface area contributed by atoms with Crippen LogP contribution < -0.4 is 14.2 Å². The predicted octanol–water partition coefficient (Wildman–Crippen LogP) is 3.67. The molecule has 0 saturated carbocycles. The lowest BCUT2D eigenvalue weighted by molar-refractivity contribution is 0.0438. The number of benzene rings is 3. The van der Waals surface area contributed by atoms with Crippen LogP contribution in [0.25, 0.3) is 11.5 Å². The maximum atomic E-state index is 12.8. The van der Waals surface area contributed by atoms with Gasteiger partial charge in [-0.3, -0.25) is 4.72 Å². The number of hydrogen-bond acceptors (Lipinski definition) is 9. The van der Waals surface area contributed by atoms with E-state index in [9.17, 15) is 13.2 Å². The molecule has 1 aliphatic heterocycles. The lowest BCUT2D eigenvalue weighted by Crippen LogP contribution is -2.17. The van der Waals surface area contributed by atoms with Gasteiger partial charge in [-0.25, -0.2) is 13.2 Å². The second-order valence-corrected chi connectivity index (χ2v) is 9.12. The van der Waals surface area contributed by atoms with Crippen molar-refractivity contribution in [2.75, 3.05) is 17.9 Å². The molecular formula is C24H19N3O7S. The van der Waals surface area contributed by atoms with Crippen LogP contribution in [0.4, 0.5) is 5.69 Å². The summed E-state index contributed by atoms with van der Waals surface area (Å²) in [6, 6.07) is 19.5. The Labute approximate surface area is 200 Å². The molecule has 10 nitrogen and oxygen atoms in total. The lowest BCUT2D eigenvalue weighted by atomic mass is 10.2. The summed E-state index contributed by atoms with van der Waals surface area (Å²) in [6.45, 7) is 0.512. The minimum absolute atomic E-state index is 0.000318. The number of fused-ring (bicyclic) bond motifs is 1. The van der Waals surface area contributed by atoms with Crippen molar-refractivity contribution in [1.29, 1.82) is 0 Å². The van der Waals surface area contributed by atoms with Gasteiger partial charge in [0.05, 0.1) is 10.5 Å². The summed E-state index contributed by atoms with van der Waals surface area (Å²) < 4.78 is 49.8. The monoisotopic (exact) mass is 493 g/mol. The van der Waals surface area contributed by atoms with Gasteiger partial charge in [-0.2, -0.15) is 0 Å². The third-order valence-electron chi connectivity index (χ3n) is 4.99. The molecule has 178 valence electrons. The Morgan fingerprint density at radius 3 is 2.54 bits per heavy atom. The fraction of sp³-hybridized carbons (Fsp3) is 0.125. The minimum atomic E-state index is -3.94. The molecule has 0 saturated heterocycles. The topological polar surface area (TPSA) is 130 Å². The highest BCUT2D eigenvalue weighted by Gasteiger charge is 2.20. The molecular weight excluding hydrogens is 474 g/mol. The van der Waals surface area contributed by atoms with Crippen LogP contribution in [-0.2, 0) is 21.4 Å². The largest absolute Gasteiger partial charge is 0.486 e. The number of carbonyl (C=O) groups is 1. The van der Waals surface area contributed by atoms with Crippen molar-refractivity contribution >= 4 is 21.7 Å². The van der Waals surface area contributed by atoms with Gasteiger partial charge in [0.25, 0.3) is 15.9 Å². The first-order valence-corrected chi connectivity index (χ1v) is 12.0. The maximum Gasteiger partial charge on any atom is 0.338 e. The number of sulfonamides is 1. The van der Waals surface area contributed by atoms with Crippen molar-refractivity contribution in [3.05, 3.63) is 84.3 Å². The zero-order chi connectivity index (χ0) is 24.3. The van der Waals surface area contributed by atoms with E-state index in [-0.39, 0.29) is 28.6 Å². The molecule has 0 aliphatic carbocycles. The van der Waals surface area contributed by atoms with Crippen LogP contribution in [0, 0.1) is 0 Å². The van der Waals surface area contributed by atoms with Crippen LogP contribution in [0.3, 0.4) is 0 Å². The van der Waals surface area contributed by atoms with Crippen LogP contribution >= 0.6 is 0 Å². The van der Waals surface area contributed by atoms with Gasteiger partial charge >= 0.3 is 5.97 Å². The molecule has 0 amide bonds. The highest BCUT2D eigenvalue weighted by molar-refractivity contribution is 7.92. The summed E-state index contributed by atoms with van der Waals surface area (Å²) in [4.78, 5) is 12.5. The van der Waals surface area contributed by atoms with Gasteiger partial charge in [0.2, 0.25) is 5.89 Å². The van der Waals surface area contributed by atoms with Crippen LogP contribution in [0.15, 0.2) is 82.1 Å². The molecule has 1 N–H and O–H groups in total. The number of nitrogens with one attached hydrogen (secondary N) is 1. The Bertz CT molecular complexity index is 1470. The van der Waals surface area contributed by atoms with Gasteiger partial charge < -0.3 is 18.6 Å². The first-order valence-electron chi connectivity index (χ1n) is 10.6. The highest BCUT2D eigenvalue weighted by atomic mass is 32.2. The minimum Gasteiger partial charge on any atom is -0.486 e. The Hall–Kier alpha value is -4.38. The summed E-state index contributed by atoms with van der Waals surface area (Å²) in [6.07, 6.45) is 0. The van der Waals surface area contributed by atoms with E-state index < -0.39 is 16.0 Å². The van der Waals surface area contributed by atoms with Crippen molar-refractivity contribution < 1.29 is 31.8 Å². The van der Waals surface area contributed by atoms with Gasteiger partial charge in [-0.05, 0) is 42.5 Å². The Kier molecular flexibility index (Phi) is 6.06. The summed E-state index contributed by atoms with van der Waals surface area (Å²) in [5.74, 6) is 0.606. The van der Waals surface area contributed by atoms with Crippen molar-refractivity contribution in [2.24, 2.45) is 0 Å². The fourth-order valence-electron chi connectivity index (χ4n) is 3.33. The zero-order valence-corrected chi connectivity index (χ0v) is 19.0. The molecule has 0 spiro atoms. The molecule has 1 aliphatic rings. The van der Waals surface area contributed by atoms with Gasteiger partial charge in [0, 0.05) is 17.3 Å². The van der Waals surface area contributed by atoms with E-state index in [0.29, 0.717) is 30.6 Å². The first kappa shape index (κ1) is 22.4. The molecule has 0 atom stereocenters. The smallest absolute Gasteiger partial charge is 0.338 e. The van der Waals surface area contributed by atoms with Crippen molar-refractivity contribution in [1.82, 2.24) is 10.2 Å². The second-order valence-electron chi connectivity index (χ2n) is 7.43. The lowest BCUT2D eigenvalue weighted by Gasteiger charge is -2.19. The van der Waals surface area contributed by atoms with Crippen LogP contribution in [0.5, 0.6) is 11.5 Å². The number of rotatable bonds is 7. The zero-order valence-electron chi connectivity index (χ0n) is 18.2. The van der Waals surface area contributed by atoms with Crippen molar-refractivity contribution in [2.45, 2.75) is 11.5 Å². The molecule has 0 bridgehead atoms. The number of hydrogen-bond donors (Lipinski definition) is 1. The van der Waals surface area contributed by atoms with Crippen LogP contribution in [0.1, 0.15) is 16.2 Å². The van der Waals surface area contributed by atoms with Gasteiger partial charge in [0.15, 0.2) is 18.1 Å². The Morgan fingerprint density at radius 2 is 1.71 bits per heavy atom. The SMILES string of the molecule is O=C(OCc1nnc(-c2ccccc2)o1)c1cccc(NS(=O)(=O)c2ccc3c(c2)OCCO3)c1. The van der Waals surface area contributed by atoms with Crippen LogP contribution in [0.2, 0.25) is 0 Å². The number of carbonyl (C=O) groups excluding carboxylic acids is 1. The summed E-state index contributed by atoms with van der Waals surface area (Å²) in [5, 5.41) is 7.83. The Balaban J connectivity index is 1.25. The fourth-order valence-corrected chi connectivity index (χ4v) is 4.40. The van der Waals surface area contributed by atoms with E-state index in [0.717, 1.165) is 5.56 Å². The normalized spacial score (nSPS) is 12.7. The second kappa shape index (κ2) is 9.47. The molecule has 4 aromatic rings. The maximum absolute atomic E-state index is 12.8. The predicted molar refractivity (Wildman–Crippen MR) is 124 cm³/mol. The van der Waals surface area contributed by atoms with E-state index in [1.807, 2.05) is 30.3 Å². The summed E-state index contributed by atoms with van der Waals surface area (Å²) in [5.41, 5.74) is 1.09. The van der Waals surface area contributed by atoms with Crippen molar-refractivity contribution in [3.63, 3.8) is 0 Å². The number of anilines is 1. The standard InChI is InChI=1S/C24H19N3O7S/c28-24(33-15-22-25-26-23(34-22)16-5-2-1-3-6-16)17-7-4-8-18(13-17)27-35(29,30)19-9-10-20-21(14-19)32-12-11-31-20/h1-10,13-14,27H,11-12,15H2. The van der Waals surface area contributed by atoms with E-state index in [1.54, 1.807) is 6.07 Å². The molecule has 5 rings (SSSR count).